The monoisotopic (exact) mass is 586 g/mol. The lowest BCUT2D eigenvalue weighted by Crippen LogP contribution is -2.81. The summed E-state index contributed by atoms with van der Waals surface area (Å²) in [4.78, 5) is 53.4. The Kier molecular flexibility index (Phi) is 7.20. The fourth-order valence-electron chi connectivity index (χ4n) is 7.89. The van der Waals surface area contributed by atoms with Gasteiger partial charge in [-0.15, -0.1) is 0 Å². The molecule has 0 aromatic heterocycles. The van der Waals surface area contributed by atoms with Crippen molar-refractivity contribution >= 4 is 23.7 Å². The van der Waals surface area contributed by atoms with Gasteiger partial charge < -0.3 is 34.3 Å². The molecule has 0 spiro atoms. The minimum absolute atomic E-state index is 0.117. The molecule has 3 aliphatic carbocycles. The van der Waals surface area contributed by atoms with E-state index in [2.05, 4.69) is 0 Å². The van der Waals surface area contributed by atoms with E-state index >= 15 is 0 Å². The van der Waals surface area contributed by atoms with Crippen molar-refractivity contribution in [2.45, 2.75) is 90.0 Å². The van der Waals surface area contributed by atoms with E-state index in [0.717, 1.165) is 6.92 Å². The standard InChI is InChI=1S/C31H38O11/c1-15-19(34)13-31(38)26(41-27(37)18-10-8-7-9-11-18)24-29(6,20(35)12-21-30(24,14-39-21)42-17(3)33)25(36)23(40-16(2)32)22(15)28(31,4)5/h7-11,15,19-21,24,26,34-35,38H,12-14H2,1-6H3/t15?,19?,20?,21?,24?,26?,29-,30?,31?/m1/s1. The first-order valence-electron chi connectivity index (χ1n) is 14.2. The van der Waals surface area contributed by atoms with Crippen LogP contribution in [0, 0.1) is 22.7 Å². The maximum Gasteiger partial charge on any atom is 0.338 e. The van der Waals surface area contributed by atoms with E-state index in [0.29, 0.717) is 0 Å². The zero-order valence-electron chi connectivity index (χ0n) is 24.6. The fourth-order valence-corrected chi connectivity index (χ4v) is 7.89. The van der Waals surface area contributed by atoms with Gasteiger partial charge in [0.2, 0.25) is 5.78 Å². The van der Waals surface area contributed by atoms with E-state index < -0.39 is 87.7 Å². The summed E-state index contributed by atoms with van der Waals surface area (Å²) in [6, 6.07) is 8.05. The molecule has 9 atom stereocenters. The highest BCUT2D eigenvalue weighted by atomic mass is 16.6. The van der Waals surface area contributed by atoms with Crippen molar-refractivity contribution in [3.05, 3.63) is 47.2 Å². The van der Waals surface area contributed by atoms with Gasteiger partial charge in [-0.1, -0.05) is 39.0 Å². The minimum Gasteiger partial charge on any atom is -0.455 e. The highest BCUT2D eigenvalue weighted by molar-refractivity contribution is 6.02. The molecule has 11 heteroatoms. The highest BCUT2D eigenvalue weighted by Crippen LogP contribution is 2.64. The molecule has 5 rings (SSSR count). The summed E-state index contributed by atoms with van der Waals surface area (Å²) in [5, 5.41) is 35.8. The van der Waals surface area contributed by atoms with E-state index in [1.54, 1.807) is 39.0 Å². The number of ketones is 1. The van der Waals surface area contributed by atoms with Gasteiger partial charge >= 0.3 is 17.9 Å². The van der Waals surface area contributed by atoms with E-state index in [1.807, 2.05) is 0 Å². The number of rotatable bonds is 4. The van der Waals surface area contributed by atoms with Crippen LogP contribution >= 0.6 is 0 Å². The largest absolute Gasteiger partial charge is 0.455 e. The molecule has 4 aliphatic rings. The Bertz CT molecular complexity index is 1350. The normalized spacial score (nSPS) is 40.4. The maximum atomic E-state index is 14.8. The molecular weight excluding hydrogens is 548 g/mol. The van der Waals surface area contributed by atoms with E-state index in [4.69, 9.17) is 18.9 Å². The molecular formula is C31H38O11. The Hall–Kier alpha value is -3.12. The lowest BCUT2D eigenvalue weighted by Gasteiger charge is -2.67. The van der Waals surface area contributed by atoms with Gasteiger partial charge in [-0.05, 0) is 24.6 Å². The Morgan fingerprint density at radius 1 is 1.02 bits per heavy atom. The van der Waals surface area contributed by atoms with Gasteiger partial charge in [-0.3, -0.25) is 14.4 Å². The molecule has 2 saturated carbocycles. The van der Waals surface area contributed by atoms with Crippen molar-refractivity contribution in [3.63, 3.8) is 0 Å². The summed E-state index contributed by atoms with van der Waals surface area (Å²) in [6.07, 6.45) is -5.61. The van der Waals surface area contributed by atoms with Gasteiger partial charge in [0.15, 0.2) is 11.4 Å². The predicted molar refractivity (Wildman–Crippen MR) is 144 cm³/mol. The summed E-state index contributed by atoms with van der Waals surface area (Å²) < 4.78 is 23.4. The number of carbonyl (C=O) groups excluding carboxylic acids is 4. The van der Waals surface area contributed by atoms with Crippen molar-refractivity contribution < 1.29 is 53.4 Å². The van der Waals surface area contributed by atoms with Crippen molar-refractivity contribution in [2.75, 3.05) is 6.61 Å². The molecule has 0 amide bonds. The summed E-state index contributed by atoms with van der Waals surface area (Å²) in [5.74, 6) is -5.67. The topological polar surface area (TPSA) is 166 Å². The average molecular weight is 587 g/mol. The fraction of sp³-hybridized carbons (Fsp3) is 0.613. The molecule has 2 bridgehead atoms. The Morgan fingerprint density at radius 3 is 2.21 bits per heavy atom. The summed E-state index contributed by atoms with van der Waals surface area (Å²) in [7, 11) is 0. The van der Waals surface area contributed by atoms with Gasteiger partial charge in [0.1, 0.15) is 17.8 Å². The zero-order valence-corrected chi connectivity index (χ0v) is 24.6. The molecule has 1 aromatic carbocycles. The molecule has 228 valence electrons. The third kappa shape index (κ3) is 4.08. The second-order valence-electron chi connectivity index (χ2n) is 12.8. The number of benzene rings is 1. The number of ether oxygens (including phenoxy) is 4. The second-order valence-corrected chi connectivity index (χ2v) is 12.8. The van der Waals surface area contributed by atoms with Gasteiger partial charge in [0.05, 0.1) is 35.7 Å². The molecule has 42 heavy (non-hydrogen) atoms. The van der Waals surface area contributed by atoms with Gasteiger partial charge in [-0.25, -0.2) is 4.79 Å². The van der Waals surface area contributed by atoms with Gasteiger partial charge in [0, 0.05) is 38.0 Å². The molecule has 0 radical (unpaired) electrons. The van der Waals surface area contributed by atoms with Crippen molar-refractivity contribution in [1.29, 1.82) is 0 Å². The van der Waals surface area contributed by atoms with Crippen LogP contribution in [-0.2, 0) is 33.3 Å². The summed E-state index contributed by atoms with van der Waals surface area (Å²) >= 11 is 0. The summed E-state index contributed by atoms with van der Waals surface area (Å²) in [6.45, 7) is 8.45. The van der Waals surface area contributed by atoms with Crippen LogP contribution in [0.3, 0.4) is 0 Å². The third-order valence-corrected chi connectivity index (χ3v) is 10.2. The van der Waals surface area contributed by atoms with Gasteiger partial charge in [0.25, 0.3) is 0 Å². The molecule has 1 aromatic rings. The minimum atomic E-state index is -2.11. The Labute approximate surface area is 243 Å². The van der Waals surface area contributed by atoms with Crippen LogP contribution in [0.1, 0.15) is 64.7 Å². The number of esters is 3. The number of hydrogen-bond acceptors (Lipinski definition) is 11. The lowest BCUT2D eigenvalue weighted by molar-refractivity contribution is -0.345. The van der Waals surface area contributed by atoms with E-state index in [9.17, 15) is 34.5 Å². The van der Waals surface area contributed by atoms with Crippen LogP contribution in [-0.4, -0.2) is 81.2 Å². The number of Topliss-reactive ketones (excluding diaryl/α,β-unsaturated/α-hetero) is 1. The van der Waals surface area contributed by atoms with Crippen LogP contribution < -0.4 is 0 Å². The lowest BCUT2D eigenvalue weighted by atomic mass is 9.45. The third-order valence-electron chi connectivity index (χ3n) is 10.2. The highest BCUT2D eigenvalue weighted by Gasteiger charge is 2.77. The number of aliphatic hydroxyl groups excluding tert-OH is 2. The molecule has 8 unspecified atom stereocenters. The van der Waals surface area contributed by atoms with Crippen LogP contribution in [0.5, 0.6) is 0 Å². The number of allylic oxidation sites excluding steroid dienone is 1. The second kappa shape index (κ2) is 9.97. The zero-order chi connectivity index (χ0) is 31.0. The van der Waals surface area contributed by atoms with Crippen molar-refractivity contribution in [3.8, 4) is 0 Å². The first kappa shape index (κ1) is 30.3. The molecule has 1 saturated heterocycles. The number of hydrogen-bond donors (Lipinski definition) is 3. The summed E-state index contributed by atoms with van der Waals surface area (Å²) in [5.41, 5.74) is -6.73. The smallest absolute Gasteiger partial charge is 0.338 e. The first-order chi connectivity index (χ1) is 19.5. The Balaban J connectivity index is 1.86. The number of aliphatic hydroxyl groups is 3. The van der Waals surface area contributed by atoms with Crippen LogP contribution in [0.4, 0.5) is 0 Å². The molecule has 3 fully saturated rings. The van der Waals surface area contributed by atoms with Crippen LogP contribution in [0.25, 0.3) is 0 Å². The van der Waals surface area contributed by atoms with E-state index in [1.165, 1.54) is 26.0 Å². The predicted octanol–water partition coefficient (Wildman–Crippen LogP) is 1.86. The molecule has 3 N–H and O–H groups in total. The quantitative estimate of drug-likeness (QED) is 0.348. The number of carbonyl (C=O) groups is 4. The SMILES string of the molecule is CC(=O)OC1=C2C(C)C(O)CC(O)(C(OC(=O)c3ccccc3)C3C4(OC(C)=O)COC4CC(O)[C@@]3(C)C1=O)C2(C)C. The molecule has 1 heterocycles. The Morgan fingerprint density at radius 2 is 1.67 bits per heavy atom. The van der Waals surface area contributed by atoms with Crippen molar-refractivity contribution in [1.82, 2.24) is 0 Å². The van der Waals surface area contributed by atoms with Crippen LogP contribution in [0.15, 0.2) is 41.7 Å². The van der Waals surface area contributed by atoms with Crippen molar-refractivity contribution in [2.24, 2.45) is 22.7 Å². The molecule has 11 nitrogen and oxygen atoms in total. The number of fused-ring (bicyclic) bond motifs is 5. The maximum absolute atomic E-state index is 14.8. The van der Waals surface area contributed by atoms with E-state index in [-0.39, 0.29) is 30.6 Å². The van der Waals surface area contributed by atoms with Gasteiger partial charge in [-0.2, -0.15) is 0 Å². The average Bonchev–Trinajstić information content (AvgIpc) is 2.90. The van der Waals surface area contributed by atoms with Crippen LogP contribution in [0.2, 0.25) is 0 Å². The molecule has 1 aliphatic heterocycles. The first-order valence-corrected chi connectivity index (χ1v) is 14.2.